The summed E-state index contributed by atoms with van der Waals surface area (Å²) in [5, 5.41) is 21.3. The van der Waals surface area contributed by atoms with Crippen molar-refractivity contribution in [1.82, 2.24) is 5.32 Å². The molecule has 0 aliphatic carbocycles. The first kappa shape index (κ1) is 26.2. The number of benzene rings is 2. The number of aromatic carboxylic acids is 1. The van der Waals surface area contributed by atoms with E-state index in [1.165, 1.54) is 12.1 Å². The van der Waals surface area contributed by atoms with E-state index >= 15 is 0 Å². The van der Waals surface area contributed by atoms with Crippen molar-refractivity contribution in [3.05, 3.63) is 93.8 Å². The van der Waals surface area contributed by atoms with Gasteiger partial charge in [-0.3, -0.25) is 0 Å². The van der Waals surface area contributed by atoms with Crippen LogP contribution in [-0.4, -0.2) is 36.2 Å². The van der Waals surface area contributed by atoms with Crippen molar-refractivity contribution < 1.29 is 29.0 Å². The van der Waals surface area contributed by atoms with Crippen molar-refractivity contribution in [3.63, 3.8) is 0 Å². The van der Waals surface area contributed by atoms with Crippen LogP contribution in [-0.2, 0) is 25.5 Å². The second kappa shape index (κ2) is 12.4. The molecule has 1 heterocycles. The number of ether oxygens (including phenoxy) is 2. The standard InChI is InChI=1S/C28H28N2O6/c1-18-23(27(33)35-15-7-11-20-9-4-3-5-10-20)25(21-12-6-13-22(17-21)26(31)32)24(19(2)30-18)28(34)36-16-8-14-29/h3-6,9-10,12-13,17,25,30H,7-8,11,15-16H2,1-2H3,(H,31,32). The van der Waals surface area contributed by atoms with Gasteiger partial charge in [0.1, 0.15) is 6.61 Å². The van der Waals surface area contributed by atoms with Gasteiger partial charge in [0, 0.05) is 11.4 Å². The van der Waals surface area contributed by atoms with Crippen LogP contribution >= 0.6 is 0 Å². The van der Waals surface area contributed by atoms with E-state index in [0.29, 0.717) is 23.4 Å². The molecule has 2 aromatic rings. The highest BCUT2D eigenvalue weighted by atomic mass is 16.5. The first-order chi connectivity index (χ1) is 17.3. The van der Waals surface area contributed by atoms with Crippen molar-refractivity contribution >= 4 is 17.9 Å². The average molecular weight is 489 g/mol. The Kier molecular flexibility index (Phi) is 9.01. The SMILES string of the molecule is CC1=C(C(=O)OCCC#N)C(c2cccc(C(=O)O)c2)C(C(=O)OCCCc2ccccc2)=C(C)N1. The van der Waals surface area contributed by atoms with Crippen LogP contribution in [0.25, 0.3) is 0 Å². The number of carbonyl (C=O) groups excluding carboxylic acids is 2. The second-order valence-electron chi connectivity index (χ2n) is 8.34. The molecule has 8 nitrogen and oxygen atoms in total. The Hall–Kier alpha value is -4.38. The van der Waals surface area contributed by atoms with Gasteiger partial charge < -0.3 is 19.9 Å². The molecular formula is C28H28N2O6. The summed E-state index contributed by atoms with van der Waals surface area (Å²) >= 11 is 0. The third kappa shape index (κ3) is 6.39. The van der Waals surface area contributed by atoms with Gasteiger partial charge in [-0.2, -0.15) is 5.26 Å². The van der Waals surface area contributed by atoms with Crippen molar-refractivity contribution in [2.75, 3.05) is 13.2 Å². The quantitative estimate of drug-likeness (QED) is 0.375. The fourth-order valence-electron chi connectivity index (χ4n) is 4.15. The number of allylic oxidation sites excluding steroid dienone is 2. The molecule has 3 rings (SSSR count). The van der Waals surface area contributed by atoms with E-state index in [0.717, 1.165) is 12.0 Å². The third-order valence-corrected chi connectivity index (χ3v) is 5.80. The van der Waals surface area contributed by atoms with Gasteiger partial charge in [-0.05, 0) is 49.9 Å². The lowest BCUT2D eigenvalue weighted by molar-refractivity contribution is -0.140. The third-order valence-electron chi connectivity index (χ3n) is 5.80. The number of nitriles is 1. The molecule has 2 N–H and O–H groups in total. The number of carboxylic acid groups (broad SMARTS) is 1. The van der Waals surface area contributed by atoms with Gasteiger partial charge in [-0.1, -0.05) is 42.5 Å². The maximum absolute atomic E-state index is 13.3. The number of carbonyl (C=O) groups is 3. The lowest BCUT2D eigenvalue weighted by Crippen LogP contribution is -2.32. The Labute approximate surface area is 209 Å². The minimum atomic E-state index is -1.13. The van der Waals surface area contributed by atoms with Gasteiger partial charge in [0.05, 0.1) is 41.7 Å². The summed E-state index contributed by atoms with van der Waals surface area (Å²) in [5.41, 5.74) is 2.94. The van der Waals surface area contributed by atoms with Gasteiger partial charge in [0.2, 0.25) is 0 Å². The number of dihydropyridines is 1. The van der Waals surface area contributed by atoms with Gasteiger partial charge in [0.25, 0.3) is 0 Å². The minimum absolute atomic E-state index is 0.0223. The van der Waals surface area contributed by atoms with E-state index in [2.05, 4.69) is 5.32 Å². The van der Waals surface area contributed by atoms with E-state index in [9.17, 15) is 19.5 Å². The fourth-order valence-corrected chi connectivity index (χ4v) is 4.15. The fraction of sp³-hybridized carbons (Fsp3) is 0.286. The Morgan fingerprint density at radius 3 is 2.19 bits per heavy atom. The summed E-state index contributed by atoms with van der Waals surface area (Å²) in [6.07, 6.45) is 1.38. The number of rotatable bonds is 10. The highest BCUT2D eigenvalue weighted by molar-refractivity contribution is 6.00. The molecule has 0 spiro atoms. The van der Waals surface area contributed by atoms with Crippen LogP contribution in [0.4, 0.5) is 0 Å². The Balaban J connectivity index is 1.90. The Morgan fingerprint density at radius 1 is 0.944 bits per heavy atom. The lowest BCUT2D eigenvalue weighted by atomic mass is 9.80. The van der Waals surface area contributed by atoms with Crippen molar-refractivity contribution in [1.29, 1.82) is 5.26 Å². The molecule has 0 radical (unpaired) electrons. The van der Waals surface area contributed by atoms with Crippen LogP contribution < -0.4 is 5.32 Å². The number of aryl methyl sites for hydroxylation is 1. The van der Waals surface area contributed by atoms with Crippen LogP contribution in [0.1, 0.15) is 54.1 Å². The Bertz CT molecular complexity index is 1240. The number of esters is 2. The topological polar surface area (TPSA) is 126 Å². The molecule has 0 saturated carbocycles. The van der Waals surface area contributed by atoms with Gasteiger partial charge >= 0.3 is 17.9 Å². The maximum atomic E-state index is 13.3. The number of nitrogens with one attached hydrogen (secondary N) is 1. The van der Waals surface area contributed by atoms with Gasteiger partial charge in [0.15, 0.2) is 0 Å². The predicted octanol–water partition coefficient (Wildman–Crippen LogP) is 4.25. The molecule has 1 atom stereocenters. The first-order valence-corrected chi connectivity index (χ1v) is 11.6. The van der Waals surface area contributed by atoms with Crippen LogP contribution in [0.3, 0.4) is 0 Å². The molecule has 1 aliphatic rings. The van der Waals surface area contributed by atoms with Crippen molar-refractivity contribution in [3.8, 4) is 6.07 Å². The molecule has 0 bridgehead atoms. The molecule has 2 aromatic carbocycles. The molecule has 0 fully saturated rings. The summed E-state index contributed by atoms with van der Waals surface area (Å²) in [6, 6.07) is 17.9. The maximum Gasteiger partial charge on any atom is 0.336 e. The molecule has 186 valence electrons. The largest absolute Gasteiger partial charge is 0.478 e. The van der Waals surface area contributed by atoms with Gasteiger partial charge in [-0.25, -0.2) is 14.4 Å². The molecule has 36 heavy (non-hydrogen) atoms. The highest BCUT2D eigenvalue weighted by Gasteiger charge is 2.38. The second-order valence-corrected chi connectivity index (χ2v) is 8.34. The molecular weight excluding hydrogens is 460 g/mol. The normalized spacial score (nSPS) is 15.1. The molecule has 8 heteroatoms. The van der Waals surface area contributed by atoms with Crippen molar-refractivity contribution in [2.45, 2.75) is 39.0 Å². The zero-order chi connectivity index (χ0) is 26.1. The number of nitrogens with zero attached hydrogens (tertiary/aromatic N) is 1. The van der Waals surface area contributed by atoms with Crippen molar-refractivity contribution in [2.24, 2.45) is 0 Å². The molecule has 1 aliphatic heterocycles. The number of hydrogen-bond acceptors (Lipinski definition) is 7. The van der Waals surface area contributed by atoms with E-state index < -0.39 is 23.8 Å². The van der Waals surface area contributed by atoms with E-state index in [1.54, 1.807) is 26.0 Å². The van der Waals surface area contributed by atoms with Crippen LogP contribution in [0, 0.1) is 11.3 Å². The summed E-state index contributed by atoms with van der Waals surface area (Å²) in [7, 11) is 0. The summed E-state index contributed by atoms with van der Waals surface area (Å²) in [5.74, 6) is -3.33. The summed E-state index contributed by atoms with van der Waals surface area (Å²) in [4.78, 5) is 38.0. The van der Waals surface area contributed by atoms with E-state index in [1.807, 2.05) is 36.4 Å². The van der Waals surface area contributed by atoms with E-state index in [4.69, 9.17) is 14.7 Å². The van der Waals surface area contributed by atoms with Crippen LogP contribution in [0.2, 0.25) is 0 Å². The smallest absolute Gasteiger partial charge is 0.336 e. The van der Waals surface area contributed by atoms with Crippen LogP contribution in [0.15, 0.2) is 77.1 Å². The zero-order valence-corrected chi connectivity index (χ0v) is 20.2. The lowest BCUT2D eigenvalue weighted by Gasteiger charge is -2.30. The number of carboxylic acids is 1. The Morgan fingerprint density at radius 2 is 1.58 bits per heavy atom. The van der Waals surface area contributed by atoms with Gasteiger partial charge in [-0.15, -0.1) is 0 Å². The molecule has 0 saturated heterocycles. The predicted molar refractivity (Wildman–Crippen MR) is 132 cm³/mol. The van der Waals surface area contributed by atoms with Crippen LogP contribution in [0.5, 0.6) is 0 Å². The summed E-state index contributed by atoms with van der Waals surface area (Å²) in [6.45, 7) is 3.46. The zero-order valence-electron chi connectivity index (χ0n) is 20.2. The first-order valence-electron chi connectivity index (χ1n) is 11.6. The van der Waals surface area contributed by atoms with E-state index in [-0.39, 0.29) is 36.3 Å². The summed E-state index contributed by atoms with van der Waals surface area (Å²) < 4.78 is 10.9. The molecule has 0 amide bonds. The highest BCUT2D eigenvalue weighted by Crippen LogP contribution is 2.39. The number of hydrogen-bond donors (Lipinski definition) is 2. The minimum Gasteiger partial charge on any atom is -0.478 e. The monoisotopic (exact) mass is 488 g/mol. The molecule has 0 aromatic heterocycles. The molecule has 1 unspecified atom stereocenters. The average Bonchev–Trinajstić information content (AvgIpc) is 2.86.